The summed E-state index contributed by atoms with van der Waals surface area (Å²) < 4.78 is 6.16. The largest absolute Gasteiger partial charge is 0.462 e. The SMILES string of the molecule is CCOC(=O)c1cnn(-c2cccc(C)c2[N+](=O)[O-])c1. The second-order valence-corrected chi connectivity index (χ2v) is 4.09. The number of ether oxygens (including phenoxy) is 1. The Kier molecular flexibility index (Phi) is 3.79. The molecular weight excluding hydrogens is 262 g/mol. The topological polar surface area (TPSA) is 87.3 Å². The average molecular weight is 275 g/mol. The van der Waals surface area contributed by atoms with Crippen molar-refractivity contribution >= 4 is 11.7 Å². The number of aromatic nitrogens is 2. The Balaban J connectivity index is 2.45. The molecule has 1 aromatic carbocycles. The number of benzene rings is 1. The summed E-state index contributed by atoms with van der Waals surface area (Å²) in [5, 5.41) is 15.1. The van der Waals surface area contributed by atoms with E-state index < -0.39 is 10.9 Å². The summed E-state index contributed by atoms with van der Waals surface area (Å²) in [4.78, 5) is 22.2. The van der Waals surface area contributed by atoms with Crippen LogP contribution in [0.2, 0.25) is 0 Å². The molecule has 1 aromatic heterocycles. The molecule has 20 heavy (non-hydrogen) atoms. The lowest BCUT2D eigenvalue weighted by Gasteiger charge is -2.04. The molecule has 0 radical (unpaired) electrons. The van der Waals surface area contributed by atoms with Gasteiger partial charge in [-0.2, -0.15) is 5.10 Å². The predicted octanol–water partition coefficient (Wildman–Crippen LogP) is 2.27. The Morgan fingerprint density at radius 2 is 2.25 bits per heavy atom. The molecule has 2 aromatic rings. The minimum atomic E-state index is -0.506. The first-order valence-electron chi connectivity index (χ1n) is 6.00. The molecule has 0 atom stereocenters. The van der Waals surface area contributed by atoms with Gasteiger partial charge in [0, 0.05) is 11.8 Å². The van der Waals surface area contributed by atoms with Gasteiger partial charge >= 0.3 is 5.97 Å². The van der Waals surface area contributed by atoms with Gasteiger partial charge in [-0.25, -0.2) is 9.48 Å². The highest BCUT2D eigenvalue weighted by atomic mass is 16.6. The first-order valence-corrected chi connectivity index (χ1v) is 6.00. The summed E-state index contributed by atoms with van der Waals surface area (Å²) in [5.41, 5.74) is 1.06. The van der Waals surface area contributed by atoms with Gasteiger partial charge < -0.3 is 4.74 Å². The van der Waals surface area contributed by atoms with E-state index in [1.54, 1.807) is 32.0 Å². The zero-order chi connectivity index (χ0) is 14.7. The molecule has 0 N–H and O–H groups in total. The standard InChI is InChI=1S/C13H13N3O4/c1-3-20-13(17)10-7-14-15(8-10)11-6-4-5-9(2)12(11)16(18)19/h4-8H,3H2,1-2H3. The molecule has 0 aliphatic heterocycles. The fourth-order valence-corrected chi connectivity index (χ4v) is 1.84. The van der Waals surface area contributed by atoms with E-state index in [9.17, 15) is 14.9 Å². The van der Waals surface area contributed by atoms with E-state index >= 15 is 0 Å². The van der Waals surface area contributed by atoms with Crippen molar-refractivity contribution in [2.75, 3.05) is 6.61 Å². The molecule has 0 aliphatic rings. The van der Waals surface area contributed by atoms with Gasteiger partial charge in [0.25, 0.3) is 5.69 Å². The van der Waals surface area contributed by atoms with Crippen molar-refractivity contribution in [3.8, 4) is 5.69 Å². The van der Waals surface area contributed by atoms with Crippen LogP contribution in [0.5, 0.6) is 0 Å². The number of nitro benzene ring substituents is 1. The van der Waals surface area contributed by atoms with Crippen LogP contribution in [-0.4, -0.2) is 27.3 Å². The summed E-state index contributed by atoms with van der Waals surface area (Å²) >= 11 is 0. The Hall–Kier alpha value is -2.70. The number of hydrogen-bond donors (Lipinski definition) is 0. The van der Waals surface area contributed by atoms with Crippen molar-refractivity contribution < 1.29 is 14.5 Å². The molecule has 2 rings (SSSR count). The molecule has 0 aliphatic carbocycles. The van der Waals surface area contributed by atoms with Crippen LogP contribution in [0.25, 0.3) is 5.69 Å². The summed E-state index contributed by atoms with van der Waals surface area (Å²) in [6, 6.07) is 4.92. The molecule has 7 nitrogen and oxygen atoms in total. The number of esters is 1. The van der Waals surface area contributed by atoms with Gasteiger partial charge in [-0.15, -0.1) is 0 Å². The van der Waals surface area contributed by atoms with Crippen LogP contribution >= 0.6 is 0 Å². The molecule has 104 valence electrons. The quantitative estimate of drug-likeness (QED) is 0.485. The maximum atomic E-state index is 11.6. The number of carbonyl (C=O) groups is 1. The zero-order valence-electron chi connectivity index (χ0n) is 11.1. The fourth-order valence-electron chi connectivity index (χ4n) is 1.84. The van der Waals surface area contributed by atoms with Crippen LogP contribution in [0.1, 0.15) is 22.8 Å². The highest BCUT2D eigenvalue weighted by Gasteiger charge is 2.20. The minimum absolute atomic E-state index is 0.0361. The number of para-hydroxylation sites is 1. The Morgan fingerprint density at radius 1 is 1.50 bits per heavy atom. The smallest absolute Gasteiger partial charge is 0.341 e. The van der Waals surface area contributed by atoms with E-state index in [2.05, 4.69) is 5.10 Å². The minimum Gasteiger partial charge on any atom is -0.462 e. The zero-order valence-corrected chi connectivity index (χ0v) is 11.1. The van der Waals surface area contributed by atoms with Gasteiger partial charge in [-0.1, -0.05) is 12.1 Å². The molecule has 0 bridgehead atoms. The van der Waals surface area contributed by atoms with Gasteiger partial charge in [0.15, 0.2) is 0 Å². The van der Waals surface area contributed by atoms with Crippen LogP contribution < -0.4 is 0 Å². The molecule has 1 heterocycles. The molecule has 0 unspecified atom stereocenters. The fraction of sp³-hybridized carbons (Fsp3) is 0.231. The van der Waals surface area contributed by atoms with E-state index in [4.69, 9.17) is 4.74 Å². The van der Waals surface area contributed by atoms with Gasteiger partial charge in [0.05, 0.1) is 23.3 Å². The second kappa shape index (κ2) is 5.52. The molecule has 0 fully saturated rings. The number of hydrogen-bond acceptors (Lipinski definition) is 5. The van der Waals surface area contributed by atoms with Crippen LogP contribution in [0.4, 0.5) is 5.69 Å². The third-order valence-electron chi connectivity index (χ3n) is 2.74. The number of nitro groups is 1. The number of rotatable bonds is 4. The molecule has 0 saturated heterocycles. The maximum Gasteiger partial charge on any atom is 0.341 e. The van der Waals surface area contributed by atoms with Gasteiger partial charge in [-0.3, -0.25) is 10.1 Å². The van der Waals surface area contributed by atoms with Crippen molar-refractivity contribution in [3.63, 3.8) is 0 Å². The Morgan fingerprint density at radius 3 is 2.90 bits per heavy atom. The van der Waals surface area contributed by atoms with Crippen molar-refractivity contribution in [1.82, 2.24) is 9.78 Å². The van der Waals surface area contributed by atoms with E-state index in [1.807, 2.05) is 0 Å². The highest BCUT2D eigenvalue weighted by Crippen LogP contribution is 2.26. The van der Waals surface area contributed by atoms with E-state index in [0.29, 0.717) is 11.3 Å². The summed E-state index contributed by atoms with van der Waals surface area (Å²) in [6.45, 7) is 3.61. The first kappa shape index (κ1) is 13.7. The third kappa shape index (κ3) is 2.51. The molecule has 0 amide bonds. The van der Waals surface area contributed by atoms with Gasteiger partial charge in [0.2, 0.25) is 0 Å². The molecule has 7 heteroatoms. The van der Waals surface area contributed by atoms with Crippen molar-refractivity contribution in [2.24, 2.45) is 0 Å². The van der Waals surface area contributed by atoms with Crippen LogP contribution in [0.3, 0.4) is 0 Å². The highest BCUT2D eigenvalue weighted by molar-refractivity contribution is 5.88. The lowest BCUT2D eigenvalue weighted by molar-refractivity contribution is -0.385. The number of nitrogens with zero attached hydrogens (tertiary/aromatic N) is 3. The van der Waals surface area contributed by atoms with E-state index in [1.165, 1.54) is 17.1 Å². The third-order valence-corrected chi connectivity index (χ3v) is 2.74. The van der Waals surface area contributed by atoms with Crippen LogP contribution in [0.15, 0.2) is 30.6 Å². The second-order valence-electron chi connectivity index (χ2n) is 4.09. The van der Waals surface area contributed by atoms with E-state index in [0.717, 1.165) is 0 Å². The summed E-state index contributed by atoms with van der Waals surface area (Å²) in [5.74, 6) is -0.506. The predicted molar refractivity (Wildman–Crippen MR) is 70.9 cm³/mol. The number of aryl methyl sites for hydroxylation is 1. The lowest BCUT2D eigenvalue weighted by Crippen LogP contribution is -2.04. The Bertz CT molecular complexity index is 663. The normalized spacial score (nSPS) is 10.3. The average Bonchev–Trinajstić information content (AvgIpc) is 2.87. The van der Waals surface area contributed by atoms with Crippen molar-refractivity contribution in [1.29, 1.82) is 0 Å². The van der Waals surface area contributed by atoms with Crippen molar-refractivity contribution in [3.05, 3.63) is 51.8 Å². The van der Waals surface area contributed by atoms with Crippen molar-refractivity contribution in [2.45, 2.75) is 13.8 Å². The Labute approximate surface area is 114 Å². The number of carbonyl (C=O) groups excluding carboxylic acids is 1. The molecular formula is C13H13N3O4. The monoisotopic (exact) mass is 275 g/mol. The summed E-state index contributed by atoms with van der Waals surface area (Å²) in [6.07, 6.45) is 2.74. The van der Waals surface area contributed by atoms with Crippen LogP contribution in [-0.2, 0) is 4.74 Å². The molecule has 0 spiro atoms. The molecule has 0 saturated carbocycles. The van der Waals surface area contributed by atoms with Gasteiger partial charge in [0.1, 0.15) is 5.69 Å². The van der Waals surface area contributed by atoms with Gasteiger partial charge in [-0.05, 0) is 19.9 Å². The maximum absolute atomic E-state index is 11.6. The van der Waals surface area contributed by atoms with Crippen LogP contribution in [0, 0.1) is 17.0 Å². The first-order chi connectivity index (χ1) is 9.54. The van der Waals surface area contributed by atoms with E-state index in [-0.39, 0.29) is 17.9 Å². The lowest BCUT2D eigenvalue weighted by atomic mass is 10.2. The summed E-state index contributed by atoms with van der Waals surface area (Å²) in [7, 11) is 0.